The van der Waals surface area contributed by atoms with Crippen molar-refractivity contribution >= 4 is 5.97 Å². The minimum absolute atomic E-state index is 0.0278. The molecule has 0 bridgehead atoms. The van der Waals surface area contributed by atoms with E-state index in [0.29, 0.717) is 63.3 Å². The molecular weight excluding hydrogens is 448 g/mol. The van der Waals surface area contributed by atoms with Crippen LogP contribution in [-0.2, 0) is 24.4 Å². The topological polar surface area (TPSA) is 214 Å². The van der Waals surface area contributed by atoms with Gasteiger partial charge >= 0.3 is 5.97 Å². The van der Waals surface area contributed by atoms with Gasteiger partial charge in [0.25, 0.3) is 0 Å². The molecule has 0 amide bonds. The van der Waals surface area contributed by atoms with Crippen molar-refractivity contribution in [2.75, 3.05) is 58.9 Å². The van der Waals surface area contributed by atoms with E-state index in [4.69, 9.17) is 0 Å². The third kappa shape index (κ3) is 7.54. The fourth-order valence-corrected chi connectivity index (χ4v) is 3.78. The molecule has 0 aromatic carbocycles. The number of aromatic nitrogens is 12. The number of carboxylic acids is 1. The van der Waals surface area contributed by atoms with E-state index in [9.17, 15) is 9.90 Å². The number of aromatic amines is 3. The first kappa shape index (κ1) is 23.7. The number of nitrogens with zero attached hydrogens (tertiary/aromatic N) is 13. The molecule has 1 aliphatic heterocycles. The molecule has 1 fully saturated rings. The number of carbonyl (C=O) groups is 1. The molecular formula is C16H28N16O2. The highest BCUT2D eigenvalue weighted by Crippen LogP contribution is 2.06. The summed E-state index contributed by atoms with van der Waals surface area (Å²) >= 11 is 0. The SMILES string of the molecule is O=C(O)CN1CCN(Cc2nnn[nH]2)CCN(Cc2nnn[nH]2)CCN(Cc2nnn[nH]2)CC1. The Labute approximate surface area is 194 Å². The van der Waals surface area contributed by atoms with Crippen LogP contribution in [0.25, 0.3) is 0 Å². The van der Waals surface area contributed by atoms with Gasteiger partial charge in [0.05, 0.1) is 26.2 Å². The zero-order valence-electron chi connectivity index (χ0n) is 18.7. The summed E-state index contributed by atoms with van der Waals surface area (Å²) in [5.41, 5.74) is 0. The summed E-state index contributed by atoms with van der Waals surface area (Å²) < 4.78 is 0. The summed E-state index contributed by atoms with van der Waals surface area (Å²) in [5, 5.41) is 51.8. The molecule has 0 aliphatic carbocycles. The maximum atomic E-state index is 11.5. The molecule has 0 unspecified atom stereocenters. The van der Waals surface area contributed by atoms with Crippen LogP contribution < -0.4 is 0 Å². The van der Waals surface area contributed by atoms with Gasteiger partial charge in [-0.3, -0.25) is 24.4 Å². The van der Waals surface area contributed by atoms with E-state index in [1.807, 2.05) is 4.90 Å². The van der Waals surface area contributed by atoms with Gasteiger partial charge in [-0.2, -0.15) is 0 Å². The molecule has 0 saturated carbocycles. The molecule has 34 heavy (non-hydrogen) atoms. The van der Waals surface area contributed by atoms with Gasteiger partial charge in [0.1, 0.15) is 0 Å². The largest absolute Gasteiger partial charge is 0.480 e. The molecule has 0 radical (unpaired) electrons. The van der Waals surface area contributed by atoms with Crippen LogP contribution in [0.15, 0.2) is 0 Å². The summed E-state index contributed by atoms with van der Waals surface area (Å²) in [7, 11) is 0. The number of rotatable bonds is 8. The number of hydrogen-bond donors (Lipinski definition) is 4. The lowest BCUT2D eigenvalue weighted by Gasteiger charge is -2.33. The highest BCUT2D eigenvalue weighted by molar-refractivity contribution is 5.69. The summed E-state index contributed by atoms with van der Waals surface area (Å²) in [6.45, 7) is 7.10. The molecule has 0 spiro atoms. The van der Waals surface area contributed by atoms with Crippen LogP contribution in [-0.4, -0.2) is 151 Å². The zero-order chi connectivity index (χ0) is 23.6. The van der Waals surface area contributed by atoms with Crippen LogP contribution >= 0.6 is 0 Å². The first-order valence-corrected chi connectivity index (χ1v) is 10.9. The molecule has 18 heteroatoms. The molecule has 3 aromatic rings. The number of aliphatic carboxylic acids is 1. The Morgan fingerprint density at radius 3 is 1.21 bits per heavy atom. The van der Waals surface area contributed by atoms with Crippen LogP contribution in [0.2, 0.25) is 0 Å². The Morgan fingerprint density at radius 2 is 0.941 bits per heavy atom. The maximum Gasteiger partial charge on any atom is 0.317 e. The van der Waals surface area contributed by atoms with Crippen molar-refractivity contribution in [3.63, 3.8) is 0 Å². The van der Waals surface area contributed by atoms with Gasteiger partial charge in [0.2, 0.25) is 0 Å². The molecule has 184 valence electrons. The highest BCUT2D eigenvalue weighted by Gasteiger charge is 2.20. The van der Waals surface area contributed by atoms with Crippen LogP contribution in [0, 0.1) is 0 Å². The third-order valence-electron chi connectivity index (χ3n) is 5.58. The number of H-pyrrole nitrogens is 3. The van der Waals surface area contributed by atoms with Crippen molar-refractivity contribution in [2.45, 2.75) is 19.6 Å². The van der Waals surface area contributed by atoms with E-state index in [2.05, 4.69) is 76.6 Å². The predicted molar refractivity (Wildman–Crippen MR) is 112 cm³/mol. The predicted octanol–water partition coefficient (Wildman–Crippen LogP) is -3.57. The Kier molecular flexibility index (Phi) is 8.43. The highest BCUT2D eigenvalue weighted by atomic mass is 16.4. The third-order valence-corrected chi connectivity index (χ3v) is 5.58. The van der Waals surface area contributed by atoms with E-state index in [1.165, 1.54) is 0 Å². The summed E-state index contributed by atoms with van der Waals surface area (Å²) in [6, 6.07) is 0. The van der Waals surface area contributed by atoms with Crippen molar-refractivity contribution in [1.29, 1.82) is 0 Å². The molecule has 1 saturated heterocycles. The lowest BCUT2D eigenvalue weighted by Crippen LogP contribution is -2.46. The molecule has 1 aliphatic rings. The Bertz CT molecular complexity index is 896. The fraction of sp³-hybridized carbons (Fsp3) is 0.750. The minimum atomic E-state index is -0.851. The van der Waals surface area contributed by atoms with E-state index >= 15 is 0 Å². The normalized spacial score (nSPS) is 18.5. The zero-order valence-corrected chi connectivity index (χ0v) is 18.7. The lowest BCUT2D eigenvalue weighted by atomic mass is 10.3. The van der Waals surface area contributed by atoms with E-state index < -0.39 is 5.97 Å². The fourth-order valence-electron chi connectivity index (χ4n) is 3.78. The van der Waals surface area contributed by atoms with Crippen LogP contribution in [0.1, 0.15) is 17.5 Å². The van der Waals surface area contributed by atoms with E-state index in [1.54, 1.807) is 0 Å². The number of tetrazole rings is 3. The second-order valence-electron chi connectivity index (χ2n) is 8.04. The number of carboxylic acid groups (broad SMARTS) is 1. The smallest absolute Gasteiger partial charge is 0.317 e. The summed E-state index contributed by atoms with van der Waals surface area (Å²) in [5.74, 6) is 1.16. The Balaban J connectivity index is 1.47. The van der Waals surface area contributed by atoms with Crippen molar-refractivity contribution in [1.82, 2.24) is 81.5 Å². The first-order chi connectivity index (χ1) is 16.6. The average Bonchev–Trinajstić information content (AvgIpc) is 3.59. The Hall–Kier alpha value is -3.48. The van der Waals surface area contributed by atoms with Crippen LogP contribution in [0.4, 0.5) is 0 Å². The average molecular weight is 477 g/mol. The summed E-state index contributed by atoms with van der Waals surface area (Å²) in [6.07, 6.45) is 0. The first-order valence-electron chi connectivity index (χ1n) is 10.9. The molecule has 4 heterocycles. The monoisotopic (exact) mass is 476 g/mol. The second kappa shape index (κ2) is 12.1. The number of nitrogens with one attached hydrogen (secondary N) is 3. The van der Waals surface area contributed by atoms with Crippen molar-refractivity contribution in [3.8, 4) is 0 Å². The quantitative estimate of drug-likeness (QED) is 0.247. The van der Waals surface area contributed by atoms with Crippen LogP contribution in [0.3, 0.4) is 0 Å². The molecule has 3 aromatic heterocycles. The molecule has 0 atom stereocenters. The maximum absolute atomic E-state index is 11.5. The van der Waals surface area contributed by atoms with Crippen LogP contribution in [0.5, 0.6) is 0 Å². The van der Waals surface area contributed by atoms with Gasteiger partial charge in [-0.1, -0.05) is 0 Å². The van der Waals surface area contributed by atoms with Gasteiger partial charge < -0.3 is 5.11 Å². The van der Waals surface area contributed by atoms with Crippen molar-refractivity contribution in [2.24, 2.45) is 0 Å². The van der Waals surface area contributed by atoms with Crippen molar-refractivity contribution < 1.29 is 9.90 Å². The molecule has 18 nitrogen and oxygen atoms in total. The minimum Gasteiger partial charge on any atom is -0.480 e. The van der Waals surface area contributed by atoms with Gasteiger partial charge in [-0.25, -0.2) is 15.3 Å². The van der Waals surface area contributed by atoms with E-state index in [-0.39, 0.29) is 6.54 Å². The summed E-state index contributed by atoms with van der Waals surface area (Å²) in [4.78, 5) is 20.1. The van der Waals surface area contributed by atoms with E-state index in [0.717, 1.165) is 26.2 Å². The lowest BCUT2D eigenvalue weighted by molar-refractivity contribution is -0.138. The standard InChI is InChI=1S/C16H28N16O2/c33-16(34)12-32-7-5-30(10-14-19-25-26-20-14)3-1-29(9-13-17-23-24-18-13)2-4-31(6-8-32)11-15-21-27-28-22-15/h1-12H2,(H,33,34)(H,17,18,23,24)(H,19,20,25,26)(H,21,22,27,28). The van der Waals surface area contributed by atoms with Gasteiger partial charge in [0.15, 0.2) is 17.5 Å². The van der Waals surface area contributed by atoms with Crippen molar-refractivity contribution in [3.05, 3.63) is 17.5 Å². The van der Waals surface area contributed by atoms with Gasteiger partial charge in [-0.05, 0) is 31.3 Å². The van der Waals surface area contributed by atoms with Gasteiger partial charge in [-0.15, -0.1) is 15.3 Å². The number of hydrogen-bond acceptors (Lipinski definition) is 14. The van der Waals surface area contributed by atoms with Gasteiger partial charge in [0, 0.05) is 52.4 Å². The molecule has 4 rings (SSSR count). The molecule has 4 N–H and O–H groups in total. The second-order valence-corrected chi connectivity index (χ2v) is 8.04. The Morgan fingerprint density at radius 1 is 0.618 bits per heavy atom.